The highest BCUT2D eigenvalue weighted by Gasteiger charge is 2.24. The van der Waals surface area contributed by atoms with E-state index < -0.39 is 13.9 Å². The fourth-order valence-corrected chi connectivity index (χ4v) is 4.23. The number of aliphatic hydroxyl groups is 1. The molecule has 35 heavy (non-hydrogen) atoms. The molecule has 0 amide bonds. The smallest absolute Gasteiger partial charge is 0.388 e. The average molecular weight is 519 g/mol. The fourth-order valence-electron chi connectivity index (χ4n) is 3.49. The van der Waals surface area contributed by atoms with E-state index in [0.29, 0.717) is 24.2 Å². The van der Waals surface area contributed by atoms with Gasteiger partial charge >= 0.3 is 7.82 Å². The van der Waals surface area contributed by atoms with Crippen LogP contribution in [-0.4, -0.2) is 81.8 Å². The highest BCUT2D eigenvalue weighted by Crippen LogP contribution is 2.43. The van der Waals surface area contributed by atoms with Gasteiger partial charge in [0, 0.05) is 13.7 Å². The van der Waals surface area contributed by atoms with Crippen LogP contribution in [0.3, 0.4) is 0 Å². The predicted molar refractivity (Wildman–Crippen MR) is 139 cm³/mol. The summed E-state index contributed by atoms with van der Waals surface area (Å²) in [5, 5.41) is 10.2. The molecule has 0 aliphatic heterocycles. The average Bonchev–Trinajstić information content (AvgIpc) is 2.81. The summed E-state index contributed by atoms with van der Waals surface area (Å²) in [4.78, 5) is 9.78. The Hall–Kier alpha value is -0.830. The van der Waals surface area contributed by atoms with Crippen molar-refractivity contribution in [2.24, 2.45) is 0 Å². The summed E-state index contributed by atoms with van der Waals surface area (Å²) in [6.07, 6.45) is 9.22. The second kappa shape index (κ2) is 18.4. The molecule has 0 aliphatic rings. The zero-order chi connectivity index (χ0) is 26.0. The van der Waals surface area contributed by atoms with Crippen LogP contribution in [0.4, 0.5) is 0 Å². The van der Waals surface area contributed by atoms with Crippen molar-refractivity contribution in [1.29, 1.82) is 0 Å². The maximum Gasteiger partial charge on any atom is 0.472 e. The highest BCUT2D eigenvalue weighted by molar-refractivity contribution is 7.47. The van der Waals surface area contributed by atoms with Crippen LogP contribution < -0.4 is 0 Å². The van der Waals surface area contributed by atoms with E-state index in [2.05, 4.69) is 0 Å². The number of methoxy groups -OCH3 is 1. The van der Waals surface area contributed by atoms with Gasteiger partial charge in [0.25, 0.3) is 0 Å². The molecule has 204 valence electrons. The Balaban J connectivity index is 1.96. The Bertz CT molecular complexity index is 684. The Kier molecular flexibility index (Phi) is 16.9. The number of aliphatic hydroxyl groups excluding tert-OH is 1. The standard InChI is InChI=1S/C26H48NO7P/c1-27(2,3)19-21-33-35(29,30)34-23-25(31-4)22-32-20-15-10-8-6-5-7-9-14-18-26(28)24-16-12-11-13-17-24/h11-13,16-17,25-26,28H,5-10,14-15,18-23H2,1-4H3/p+1. The number of nitrogens with zero attached hydrogens (tertiary/aromatic N) is 1. The summed E-state index contributed by atoms with van der Waals surface area (Å²) >= 11 is 0. The van der Waals surface area contributed by atoms with Gasteiger partial charge in [-0.25, -0.2) is 4.57 Å². The lowest BCUT2D eigenvalue weighted by molar-refractivity contribution is -0.870. The van der Waals surface area contributed by atoms with E-state index in [9.17, 15) is 14.6 Å². The van der Waals surface area contributed by atoms with Gasteiger partial charge in [-0.05, 0) is 18.4 Å². The quantitative estimate of drug-likeness (QED) is 0.125. The topological polar surface area (TPSA) is 94.5 Å². The highest BCUT2D eigenvalue weighted by atomic mass is 31.2. The summed E-state index contributed by atoms with van der Waals surface area (Å²) in [5.74, 6) is 0. The van der Waals surface area contributed by atoms with Crippen molar-refractivity contribution in [2.75, 3.05) is 61.2 Å². The lowest BCUT2D eigenvalue weighted by Crippen LogP contribution is -2.37. The number of benzene rings is 1. The fraction of sp³-hybridized carbons (Fsp3) is 0.769. The number of unbranched alkanes of at least 4 members (excludes halogenated alkanes) is 7. The van der Waals surface area contributed by atoms with Crippen LogP contribution in [0, 0.1) is 0 Å². The number of rotatable bonds is 22. The molecule has 2 N–H and O–H groups in total. The third kappa shape index (κ3) is 18.1. The summed E-state index contributed by atoms with van der Waals surface area (Å²) in [6.45, 7) is 1.63. The molecule has 0 radical (unpaired) electrons. The molecular formula is C26H49NO7P+. The number of likely N-dealkylation sites (N-methyl/N-ethyl adjacent to an activating group) is 1. The summed E-state index contributed by atoms with van der Waals surface area (Å²) in [5.41, 5.74) is 1.01. The van der Waals surface area contributed by atoms with Crippen molar-refractivity contribution in [3.8, 4) is 0 Å². The predicted octanol–water partition coefficient (Wildman–Crippen LogP) is 5.10. The van der Waals surface area contributed by atoms with E-state index in [-0.39, 0.29) is 19.3 Å². The van der Waals surface area contributed by atoms with Crippen LogP contribution in [0.2, 0.25) is 0 Å². The van der Waals surface area contributed by atoms with Crippen molar-refractivity contribution in [3.05, 3.63) is 35.9 Å². The Morgan fingerprint density at radius 2 is 1.46 bits per heavy atom. The van der Waals surface area contributed by atoms with Crippen molar-refractivity contribution in [1.82, 2.24) is 0 Å². The summed E-state index contributed by atoms with van der Waals surface area (Å²) in [6, 6.07) is 9.87. The molecule has 1 aromatic carbocycles. The third-order valence-corrected chi connectivity index (χ3v) is 6.76. The van der Waals surface area contributed by atoms with E-state index in [0.717, 1.165) is 37.7 Å². The molecule has 0 aromatic heterocycles. The molecule has 0 saturated carbocycles. The lowest BCUT2D eigenvalue weighted by Gasteiger charge is -2.24. The normalized spacial score (nSPS) is 15.6. The van der Waals surface area contributed by atoms with E-state index in [1.54, 1.807) is 0 Å². The number of phosphoric ester groups is 1. The number of quaternary nitrogens is 1. The van der Waals surface area contributed by atoms with Crippen LogP contribution >= 0.6 is 7.82 Å². The molecule has 0 fully saturated rings. The molecule has 0 heterocycles. The van der Waals surface area contributed by atoms with Crippen LogP contribution in [0.15, 0.2) is 30.3 Å². The summed E-state index contributed by atoms with van der Waals surface area (Å²) in [7, 11) is 3.37. The summed E-state index contributed by atoms with van der Waals surface area (Å²) < 4.78 is 33.6. The van der Waals surface area contributed by atoms with Crippen LogP contribution in [0.1, 0.15) is 69.5 Å². The molecule has 9 heteroatoms. The van der Waals surface area contributed by atoms with Gasteiger partial charge in [-0.1, -0.05) is 75.3 Å². The maximum absolute atomic E-state index is 12.0. The van der Waals surface area contributed by atoms with Crippen molar-refractivity contribution in [2.45, 2.75) is 70.0 Å². The van der Waals surface area contributed by atoms with E-state index in [4.69, 9.17) is 18.5 Å². The second-order valence-electron chi connectivity index (χ2n) is 10.1. The van der Waals surface area contributed by atoms with Gasteiger partial charge in [0.15, 0.2) is 0 Å². The molecule has 1 rings (SSSR count). The molecule has 0 aliphatic carbocycles. The number of ether oxygens (including phenoxy) is 2. The minimum Gasteiger partial charge on any atom is -0.388 e. The first kappa shape index (κ1) is 32.2. The van der Waals surface area contributed by atoms with Gasteiger partial charge in [-0.15, -0.1) is 0 Å². The number of phosphoric acid groups is 1. The minimum atomic E-state index is -4.09. The monoisotopic (exact) mass is 518 g/mol. The van der Waals surface area contributed by atoms with Gasteiger partial charge in [-0.2, -0.15) is 0 Å². The molecular weight excluding hydrogens is 469 g/mol. The van der Waals surface area contributed by atoms with E-state index in [1.807, 2.05) is 51.5 Å². The van der Waals surface area contributed by atoms with Crippen LogP contribution in [0.25, 0.3) is 0 Å². The van der Waals surface area contributed by atoms with Crippen LogP contribution in [-0.2, 0) is 23.1 Å². The van der Waals surface area contributed by atoms with E-state index >= 15 is 0 Å². The zero-order valence-electron chi connectivity index (χ0n) is 22.3. The number of hydrogen-bond acceptors (Lipinski definition) is 6. The Morgan fingerprint density at radius 3 is 2.06 bits per heavy atom. The van der Waals surface area contributed by atoms with Gasteiger partial charge in [-0.3, -0.25) is 9.05 Å². The number of hydrogen-bond donors (Lipinski definition) is 2. The maximum atomic E-state index is 12.0. The van der Waals surface area contributed by atoms with Crippen molar-refractivity contribution >= 4 is 7.82 Å². The van der Waals surface area contributed by atoms with Gasteiger partial charge < -0.3 is 24.0 Å². The molecule has 0 saturated heterocycles. The van der Waals surface area contributed by atoms with Crippen molar-refractivity contribution in [3.63, 3.8) is 0 Å². The lowest BCUT2D eigenvalue weighted by atomic mass is 10.0. The molecule has 3 atom stereocenters. The van der Waals surface area contributed by atoms with Crippen LogP contribution in [0.5, 0.6) is 0 Å². The second-order valence-corrected chi connectivity index (χ2v) is 11.5. The van der Waals surface area contributed by atoms with Gasteiger partial charge in [0.05, 0.1) is 40.5 Å². The third-order valence-electron chi connectivity index (χ3n) is 5.78. The van der Waals surface area contributed by atoms with E-state index in [1.165, 1.54) is 32.8 Å². The molecule has 3 unspecified atom stereocenters. The molecule has 1 aromatic rings. The Morgan fingerprint density at radius 1 is 0.857 bits per heavy atom. The molecule has 0 bridgehead atoms. The SMILES string of the molecule is COC(COCCCCCCCCCCC(O)c1ccccc1)COP(=O)(O)OCC[N+](C)(C)C. The first-order valence-electron chi connectivity index (χ1n) is 12.9. The van der Waals surface area contributed by atoms with Crippen molar-refractivity contribution < 1.29 is 37.6 Å². The minimum absolute atomic E-state index is 0.0585. The van der Waals surface area contributed by atoms with Gasteiger partial charge in [0.1, 0.15) is 19.3 Å². The zero-order valence-corrected chi connectivity index (χ0v) is 23.2. The Labute approximate surface area is 212 Å². The van der Waals surface area contributed by atoms with Gasteiger partial charge in [0.2, 0.25) is 0 Å². The largest absolute Gasteiger partial charge is 0.472 e. The molecule has 8 nitrogen and oxygen atoms in total. The first-order chi connectivity index (χ1) is 16.6. The molecule has 0 spiro atoms. The first-order valence-corrected chi connectivity index (χ1v) is 14.4.